The summed E-state index contributed by atoms with van der Waals surface area (Å²) in [4.78, 5) is 13.8. The lowest BCUT2D eigenvalue weighted by molar-refractivity contribution is 0.172. The lowest BCUT2D eigenvalue weighted by atomic mass is 10.4. The van der Waals surface area contributed by atoms with Gasteiger partial charge in [-0.05, 0) is 0 Å². The lowest BCUT2D eigenvalue weighted by Gasteiger charge is -2.26. The van der Waals surface area contributed by atoms with Crippen molar-refractivity contribution < 1.29 is 9.90 Å². The molecule has 1 heterocycles. The summed E-state index contributed by atoms with van der Waals surface area (Å²) in [7, 11) is 3.25. The van der Waals surface area contributed by atoms with Crippen molar-refractivity contribution >= 4 is 6.03 Å². The molecule has 0 bridgehead atoms. The topological polar surface area (TPSA) is 43.8 Å². The summed E-state index contributed by atoms with van der Waals surface area (Å²) in [5.41, 5.74) is 0. The summed E-state index contributed by atoms with van der Waals surface area (Å²) < 4.78 is 0. The number of urea groups is 1. The van der Waals surface area contributed by atoms with Crippen molar-refractivity contribution in [3.8, 4) is 0 Å². The first kappa shape index (κ1) is 6.92. The van der Waals surface area contributed by atoms with Crippen LogP contribution in [0.15, 0.2) is 12.0 Å². The molecule has 0 radical (unpaired) electrons. The molecule has 10 heavy (non-hydrogen) atoms. The summed E-state index contributed by atoms with van der Waals surface area (Å²) >= 11 is 0. The van der Waals surface area contributed by atoms with Crippen LogP contribution in [-0.2, 0) is 0 Å². The van der Waals surface area contributed by atoms with Gasteiger partial charge in [0.2, 0.25) is 0 Å². The van der Waals surface area contributed by atoms with Crippen LogP contribution in [0.2, 0.25) is 0 Å². The van der Waals surface area contributed by atoms with Gasteiger partial charge in [-0.25, -0.2) is 4.79 Å². The van der Waals surface area contributed by atoms with E-state index in [4.69, 9.17) is 5.11 Å². The molecule has 4 heteroatoms. The molecule has 0 atom stereocenters. The Labute approximate surface area is 59.3 Å². The van der Waals surface area contributed by atoms with E-state index < -0.39 is 0 Å². The van der Waals surface area contributed by atoms with Crippen molar-refractivity contribution in [3.05, 3.63) is 12.0 Å². The summed E-state index contributed by atoms with van der Waals surface area (Å²) in [6.07, 6.45) is 1.42. The van der Waals surface area contributed by atoms with Crippen LogP contribution in [0, 0.1) is 0 Å². The predicted octanol–water partition coefficient (Wildman–Crippen LogP) is 0.383. The van der Waals surface area contributed by atoms with Gasteiger partial charge in [0, 0.05) is 20.3 Å². The third-order valence-corrected chi connectivity index (χ3v) is 1.37. The van der Waals surface area contributed by atoms with Gasteiger partial charge >= 0.3 is 6.03 Å². The molecule has 1 aliphatic rings. The molecule has 0 aromatic carbocycles. The molecule has 0 unspecified atom stereocenters. The zero-order valence-corrected chi connectivity index (χ0v) is 6.03. The minimum atomic E-state index is -0.0993. The van der Waals surface area contributed by atoms with Crippen LogP contribution in [0.3, 0.4) is 0 Å². The number of carbonyl (C=O) groups is 1. The van der Waals surface area contributed by atoms with Gasteiger partial charge in [0.1, 0.15) is 5.76 Å². The zero-order valence-electron chi connectivity index (χ0n) is 6.03. The number of nitrogens with zero attached hydrogens (tertiary/aromatic N) is 2. The van der Waals surface area contributed by atoms with E-state index >= 15 is 0 Å². The Balaban J connectivity index is 2.79. The van der Waals surface area contributed by atoms with Gasteiger partial charge in [0.25, 0.3) is 0 Å². The second-order valence-electron chi connectivity index (χ2n) is 2.37. The van der Waals surface area contributed by atoms with E-state index in [9.17, 15) is 4.79 Å². The molecule has 0 aliphatic carbocycles. The molecule has 0 saturated heterocycles. The number of likely N-dealkylation sites (N-methyl/N-ethyl adjacent to an activating group) is 1. The van der Waals surface area contributed by atoms with Crippen molar-refractivity contribution in [3.63, 3.8) is 0 Å². The smallest absolute Gasteiger partial charge is 0.324 e. The molecule has 1 aliphatic heterocycles. The highest BCUT2D eigenvalue weighted by Gasteiger charge is 2.18. The molecular weight excluding hydrogens is 132 g/mol. The van der Waals surface area contributed by atoms with Crippen molar-refractivity contribution in [2.24, 2.45) is 0 Å². The summed E-state index contributed by atoms with van der Waals surface area (Å²) in [6, 6.07) is -0.0993. The van der Waals surface area contributed by atoms with Gasteiger partial charge in [0.05, 0.1) is 6.54 Å². The minimum Gasteiger partial charge on any atom is -0.509 e. The Hall–Kier alpha value is -1.19. The Morgan fingerprint density at radius 2 is 2.20 bits per heavy atom. The summed E-state index contributed by atoms with van der Waals surface area (Å²) in [6.45, 7) is 0.309. The standard InChI is InChI=1S/C6H10N2O2/c1-7-3-5(9)4-8(2)6(7)10/h3,9H,4H2,1-2H3. The Morgan fingerprint density at radius 1 is 1.60 bits per heavy atom. The van der Waals surface area contributed by atoms with Crippen LogP contribution in [0.25, 0.3) is 0 Å². The number of rotatable bonds is 0. The molecule has 1 rings (SSSR count). The highest BCUT2D eigenvalue weighted by Crippen LogP contribution is 2.05. The van der Waals surface area contributed by atoms with E-state index in [0.717, 1.165) is 0 Å². The van der Waals surface area contributed by atoms with E-state index in [-0.39, 0.29) is 11.8 Å². The Morgan fingerprint density at radius 3 is 2.70 bits per heavy atom. The second kappa shape index (κ2) is 2.21. The predicted molar refractivity (Wildman–Crippen MR) is 36.5 cm³/mol. The van der Waals surface area contributed by atoms with Gasteiger partial charge in [0.15, 0.2) is 0 Å². The normalized spacial score (nSPS) is 19.4. The number of aliphatic hydroxyl groups excluding tert-OH is 1. The Bertz CT molecular complexity index is 188. The molecule has 0 saturated carbocycles. The number of hydrogen-bond acceptors (Lipinski definition) is 2. The molecular formula is C6H10N2O2. The van der Waals surface area contributed by atoms with Crippen LogP contribution in [0.4, 0.5) is 4.79 Å². The lowest BCUT2D eigenvalue weighted by Crippen LogP contribution is -2.41. The van der Waals surface area contributed by atoms with Gasteiger partial charge in [-0.2, -0.15) is 0 Å². The van der Waals surface area contributed by atoms with Crippen molar-refractivity contribution in [1.82, 2.24) is 9.80 Å². The van der Waals surface area contributed by atoms with E-state index in [0.29, 0.717) is 6.54 Å². The Kier molecular flexibility index (Phi) is 1.53. The third kappa shape index (κ3) is 1.05. The first-order chi connectivity index (χ1) is 4.61. The van der Waals surface area contributed by atoms with Crippen molar-refractivity contribution in [2.45, 2.75) is 0 Å². The molecule has 0 aromatic heterocycles. The van der Waals surface area contributed by atoms with E-state index in [2.05, 4.69) is 0 Å². The SMILES string of the molecule is CN1C=C(O)CN(C)C1=O. The molecule has 2 amide bonds. The van der Waals surface area contributed by atoms with Gasteiger partial charge in [-0.15, -0.1) is 0 Å². The van der Waals surface area contributed by atoms with Crippen LogP contribution < -0.4 is 0 Å². The maximum atomic E-state index is 11.0. The first-order valence-electron chi connectivity index (χ1n) is 2.99. The molecule has 0 spiro atoms. The van der Waals surface area contributed by atoms with E-state index in [1.54, 1.807) is 14.1 Å². The fourth-order valence-corrected chi connectivity index (χ4v) is 0.899. The highest BCUT2D eigenvalue weighted by atomic mass is 16.3. The van der Waals surface area contributed by atoms with Gasteiger partial charge < -0.3 is 14.9 Å². The molecule has 4 nitrogen and oxygen atoms in total. The van der Waals surface area contributed by atoms with Crippen LogP contribution in [0.1, 0.15) is 0 Å². The van der Waals surface area contributed by atoms with Crippen LogP contribution in [-0.4, -0.2) is 41.6 Å². The van der Waals surface area contributed by atoms with Gasteiger partial charge in [-0.1, -0.05) is 0 Å². The highest BCUT2D eigenvalue weighted by molar-refractivity contribution is 5.76. The van der Waals surface area contributed by atoms with E-state index in [1.165, 1.54) is 16.0 Å². The van der Waals surface area contributed by atoms with E-state index in [1.807, 2.05) is 0 Å². The number of amides is 2. The maximum Gasteiger partial charge on any atom is 0.324 e. The fourth-order valence-electron chi connectivity index (χ4n) is 0.899. The monoisotopic (exact) mass is 142 g/mol. The number of carbonyl (C=O) groups excluding carboxylic acids is 1. The molecule has 0 aromatic rings. The first-order valence-corrected chi connectivity index (χ1v) is 2.99. The van der Waals surface area contributed by atoms with Gasteiger partial charge in [-0.3, -0.25) is 0 Å². The zero-order chi connectivity index (χ0) is 7.72. The van der Waals surface area contributed by atoms with Crippen LogP contribution >= 0.6 is 0 Å². The molecule has 0 fully saturated rings. The number of aliphatic hydroxyl groups is 1. The van der Waals surface area contributed by atoms with Crippen LogP contribution in [0.5, 0.6) is 0 Å². The summed E-state index contributed by atoms with van der Waals surface area (Å²) in [5.74, 6) is 0.213. The second-order valence-corrected chi connectivity index (χ2v) is 2.37. The quantitative estimate of drug-likeness (QED) is 0.531. The third-order valence-electron chi connectivity index (χ3n) is 1.37. The van der Waals surface area contributed by atoms with Crippen molar-refractivity contribution in [1.29, 1.82) is 0 Å². The van der Waals surface area contributed by atoms with Crippen molar-refractivity contribution in [2.75, 3.05) is 20.6 Å². The average molecular weight is 142 g/mol. The fraction of sp³-hybridized carbons (Fsp3) is 0.500. The minimum absolute atomic E-state index is 0.0993. The molecule has 1 N–H and O–H groups in total. The number of hydrogen-bond donors (Lipinski definition) is 1. The summed E-state index contributed by atoms with van der Waals surface area (Å²) in [5, 5.41) is 8.99. The maximum absolute atomic E-state index is 11.0. The molecule has 56 valence electrons. The average Bonchev–Trinajstić information content (AvgIpc) is 1.82. The largest absolute Gasteiger partial charge is 0.509 e.